The summed E-state index contributed by atoms with van der Waals surface area (Å²) in [5, 5.41) is 0. The van der Waals surface area contributed by atoms with Crippen molar-refractivity contribution in [2.75, 3.05) is 20.8 Å². The highest BCUT2D eigenvalue weighted by Gasteiger charge is 2.22. The van der Waals surface area contributed by atoms with Gasteiger partial charge in [0.05, 0.1) is 14.2 Å². The predicted molar refractivity (Wildman–Crippen MR) is 119 cm³/mol. The summed E-state index contributed by atoms with van der Waals surface area (Å²) >= 11 is 0. The predicted octanol–water partition coefficient (Wildman–Crippen LogP) is 4.11. The highest BCUT2D eigenvalue weighted by molar-refractivity contribution is 7.87. The minimum Gasteiger partial charge on any atom is -0.497 e. The van der Waals surface area contributed by atoms with Crippen LogP contribution in [0.15, 0.2) is 47.4 Å². The summed E-state index contributed by atoms with van der Waals surface area (Å²) in [6.45, 7) is 8.76. The number of nitrogens with zero attached hydrogens (tertiary/aromatic N) is 1. The molecule has 0 saturated carbocycles. The number of amides is 1. The van der Waals surface area contributed by atoms with Gasteiger partial charge < -0.3 is 18.6 Å². The van der Waals surface area contributed by atoms with Gasteiger partial charge >= 0.3 is 10.1 Å². The van der Waals surface area contributed by atoms with Crippen molar-refractivity contribution in [2.45, 2.75) is 39.1 Å². The highest BCUT2D eigenvalue weighted by Crippen LogP contribution is 2.32. The van der Waals surface area contributed by atoms with Gasteiger partial charge in [0.15, 0.2) is 11.5 Å². The van der Waals surface area contributed by atoms with Gasteiger partial charge in [-0.15, -0.1) is 0 Å². The maximum absolute atomic E-state index is 12.8. The van der Waals surface area contributed by atoms with Gasteiger partial charge in [-0.25, -0.2) is 0 Å². The van der Waals surface area contributed by atoms with Crippen molar-refractivity contribution in [2.24, 2.45) is 11.8 Å². The van der Waals surface area contributed by atoms with E-state index in [4.69, 9.17) is 13.7 Å². The number of benzene rings is 2. The zero-order valence-corrected chi connectivity index (χ0v) is 19.7. The topological polar surface area (TPSA) is 82.1 Å². The number of hydrogen-bond donors (Lipinski definition) is 0. The van der Waals surface area contributed by atoms with Crippen LogP contribution in [-0.4, -0.2) is 40.0 Å². The number of hydrogen-bond acceptors (Lipinski definition) is 6. The molecule has 0 heterocycles. The molecule has 0 aliphatic heterocycles. The summed E-state index contributed by atoms with van der Waals surface area (Å²) in [7, 11) is -1.14. The van der Waals surface area contributed by atoms with Gasteiger partial charge in [-0.3, -0.25) is 4.79 Å². The fourth-order valence-electron chi connectivity index (χ4n) is 3.05. The van der Waals surface area contributed by atoms with Crippen molar-refractivity contribution in [3.8, 4) is 17.2 Å². The summed E-state index contributed by atoms with van der Waals surface area (Å²) in [6, 6.07) is 11.0. The third-order valence-corrected chi connectivity index (χ3v) is 5.79. The molecule has 0 aromatic heterocycles. The smallest absolute Gasteiger partial charge is 0.339 e. The molecule has 0 N–H and O–H groups in total. The molecule has 0 bridgehead atoms. The summed E-state index contributed by atoms with van der Waals surface area (Å²) < 4.78 is 41.3. The number of ether oxygens (including phenoxy) is 2. The maximum Gasteiger partial charge on any atom is 0.339 e. The Morgan fingerprint density at radius 1 is 0.935 bits per heavy atom. The van der Waals surface area contributed by atoms with Gasteiger partial charge in [-0.1, -0.05) is 33.8 Å². The summed E-state index contributed by atoms with van der Waals surface area (Å²) in [5.74, 6) is 1.09. The first-order valence-corrected chi connectivity index (χ1v) is 11.5. The molecule has 31 heavy (non-hydrogen) atoms. The normalized spacial score (nSPS) is 11.5. The van der Waals surface area contributed by atoms with Crippen LogP contribution < -0.4 is 13.7 Å². The molecule has 0 atom stereocenters. The van der Waals surface area contributed by atoms with Crippen LogP contribution in [0.5, 0.6) is 17.2 Å². The Morgan fingerprint density at radius 2 is 1.58 bits per heavy atom. The number of rotatable bonds is 10. The number of carbonyl (C=O) groups is 1. The fraction of sp³-hybridized carbons (Fsp3) is 0.435. The quantitative estimate of drug-likeness (QED) is 0.508. The maximum atomic E-state index is 12.8. The van der Waals surface area contributed by atoms with Gasteiger partial charge in [-0.2, -0.15) is 8.42 Å². The van der Waals surface area contributed by atoms with Crippen molar-refractivity contribution in [3.05, 3.63) is 48.0 Å². The molecule has 2 aromatic carbocycles. The first-order chi connectivity index (χ1) is 14.6. The third kappa shape index (κ3) is 6.62. The molecule has 0 saturated heterocycles. The molecule has 0 unspecified atom stereocenters. The minimum atomic E-state index is -4.08. The van der Waals surface area contributed by atoms with Crippen LogP contribution in [0.25, 0.3) is 0 Å². The Balaban J connectivity index is 2.33. The van der Waals surface area contributed by atoms with Gasteiger partial charge in [0, 0.05) is 19.0 Å². The SMILES string of the molecule is COc1ccc(S(=O)(=O)Oc2cc(CN(CC(C)C)C(=O)C(C)C)ccc2OC)cc1. The zero-order chi connectivity index (χ0) is 23.2. The average molecular weight is 450 g/mol. The van der Waals surface area contributed by atoms with E-state index in [1.54, 1.807) is 35.2 Å². The van der Waals surface area contributed by atoms with Crippen molar-refractivity contribution >= 4 is 16.0 Å². The largest absolute Gasteiger partial charge is 0.497 e. The van der Waals surface area contributed by atoms with Gasteiger partial charge in [-0.05, 0) is 47.9 Å². The Morgan fingerprint density at radius 3 is 2.10 bits per heavy atom. The molecule has 170 valence electrons. The summed E-state index contributed by atoms with van der Waals surface area (Å²) in [4.78, 5) is 14.4. The second-order valence-corrected chi connectivity index (χ2v) is 9.51. The second-order valence-electron chi connectivity index (χ2n) is 7.97. The van der Waals surface area contributed by atoms with Gasteiger partial charge in [0.2, 0.25) is 5.91 Å². The van der Waals surface area contributed by atoms with Crippen LogP contribution in [0, 0.1) is 11.8 Å². The monoisotopic (exact) mass is 449 g/mol. The van der Waals surface area contributed by atoms with Crippen molar-refractivity contribution in [1.29, 1.82) is 0 Å². The van der Waals surface area contributed by atoms with E-state index in [0.29, 0.717) is 24.8 Å². The van der Waals surface area contributed by atoms with Crippen LogP contribution in [0.2, 0.25) is 0 Å². The molecule has 1 amide bonds. The Bertz CT molecular complexity index is 984. The van der Waals surface area contributed by atoms with E-state index in [0.717, 1.165) is 5.56 Å². The molecular weight excluding hydrogens is 418 g/mol. The van der Waals surface area contributed by atoms with Gasteiger partial charge in [0.1, 0.15) is 10.6 Å². The number of methoxy groups -OCH3 is 2. The van der Waals surface area contributed by atoms with Crippen LogP contribution in [0.1, 0.15) is 33.3 Å². The molecule has 0 fully saturated rings. The lowest BCUT2D eigenvalue weighted by Crippen LogP contribution is -2.36. The Kier molecular flexibility index (Phi) is 8.33. The first kappa shape index (κ1) is 24.5. The number of carbonyl (C=O) groups excluding carboxylic acids is 1. The summed E-state index contributed by atoms with van der Waals surface area (Å²) in [6.07, 6.45) is 0. The molecule has 0 aliphatic carbocycles. The van der Waals surface area contributed by atoms with E-state index < -0.39 is 10.1 Å². The van der Waals surface area contributed by atoms with E-state index in [2.05, 4.69) is 0 Å². The van der Waals surface area contributed by atoms with Crippen molar-refractivity contribution in [1.82, 2.24) is 4.90 Å². The lowest BCUT2D eigenvalue weighted by molar-refractivity contribution is -0.135. The van der Waals surface area contributed by atoms with Crippen molar-refractivity contribution in [3.63, 3.8) is 0 Å². The fourth-order valence-corrected chi connectivity index (χ4v) is 3.98. The highest BCUT2D eigenvalue weighted by atomic mass is 32.2. The van der Waals surface area contributed by atoms with Gasteiger partial charge in [0.25, 0.3) is 0 Å². The third-order valence-electron chi connectivity index (χ3n) is 4.54. The van der Waals surface area contributed by atoms with Crippen molar-refractivity contribution < 1.29 is 26.9 Å². The molecule has 2 aromatic rings. The van der Waals surface area contributed by atoms with E-state index in [9.17, 15) is 13.2 Å². The molecule has 8 heteroatoms. The average Bonchev–Trinajstić information content (AvgIpc) is 2.72. The first-order valence-electron chi connectivity index (χ1n) is 10.1. The Hall–Kier alpha value is -2.74. The second kappa shape index (κ2) is 10.5. The van der Waals surface area contributed by atoms with E-state index in [1.807, 2.05) is 27.7 Å². The molecule has 0 aliphatic rings. The standard InChI is InChI=1S/C23H31NO6S/c1-16(2)14-24(23(25)17(3)4)15-18-7-12-21(29-6)22(13-18)30-31(26,27)20-10-8-19(28-5)9-11-20/h7-13,16-17H,14-15H2,1-6H3. The Labute approximate surface area is 185 Å². The molecule has 2 rings (SSSR count). The van der Waals surface area contributed by atoms with E-state index in [1.165, 1.54) is 26.4 Å². The van der Waals surface area contributed by atoms with Crippen LogP contribution in [-0.2, 0) is 21.5 Å². The minimum absolute atomic E-state index is 0.00261. The lowest BCUT2D eigenvalue weighted by Gasteiger charge is -2.26. The van der Waals surface area contributed by atoms with Crippen LogP contribution in [0.3, 0.4) is 0 Å². The van der Waals surface area contributed by atoms with Crippen LogP contribution in [0.4, 0.5) is 0 Å². The van der Waals surface area contributed by atoms with E-state index >= 15 is 0 Å². The molecular formula is C23H31NO6S. The van der Waals surface area contributed by atoms with E-state index in [-0.39, 0.29) is 28.2 Å². The summed E-state index contributed by atoms with van der Waals surface area (Å²) in [5.41, 5.74) is 0.746. The zero-order valence-electron chi connectivity index (χ0n) is 18.9. The molecule has 0 radical (unpaired) electrons. The van der Waals surface area contributed by atoms with Crippen LogP contribution >= 0.6 is 0 Å². The lowest BCUT2D eigenvalue weighted by atomic mass is 10.1. The molecule has 7 nitrogen and oxygen atoms in total. The molecule has 0 spiro atoms.